The summed E-state index contributed by atoms with van der Waals surface area (Å²) in [6.45, 7) is 8.29. The van der Waals surface area contributed by atoms with Crippen LogP contribution < -0.4 is 20.5 Å². The summed E-state index contributed by atoms with van der Waals surface area (Å²) in [5.74, 6) is 2.31. The molecule has 0 spiro atoms. The summed E-state index contributed by atoms with van der Waals surface area (Å²) in [6, 6.07) is 5.71. The molecular weight excluding hydrogens is 306 g/mol. The lowest BCUT2D eigenvalue weighted by Crippen LogP contribution is -2.35. The standard InChI is InChI=1S/C18H31N3O3/c1-6-24-15(13(2)3)9-10-20-18(19)21-12-14-7-8-16(22-4)17(11-14)23-5/h7-8,11,13,15H,6,9-10,12H2,1-5H3,(H3,19,20,21). The SMILES string of the molecule is CCOC(CCNC(N)=NCc1ccc(OC)c(OC)c1)C(C)C. The van der Waals surface area contributed by atoms with Crippen LogP contribution in [0.15, 0.2) is 23.2 Å². The van der Waals surface area contributed by atoms with Gasteiger partial charge in [-0.25, -0.2) is 4.99 Å². The summed E-state index contributed by atoms with van der Waals surface area (Å²) >= 11 is 0. The molecule has 0 bridgehead atoms. The van der Waals surface area contributed by atoms with E-state index in [4.69, 9.17) is 19.9 Å². The van der Waals surface area contributed by atoms with E-state index in [1.165, 1.54) is 0 Å². The predicted octanol–water partition coefficient (Wildman–Crippen LogP) is 2.56. The molecule has 0 fully saturated rings. The van der Waals surface area contributed by atoms with Gasteiger partial charge in [-0.2, -0.15) is 0 Å². The van der Waals surface area contributed by atoms with Crippen LogP contribution >= 0.6 is 0 Å². The van der Waals surface area contributed by atoms with Crippen molar-refractivity contribution in [1.82, 2.24) is 5.32 Å². The van der Waals surface area contributed by atoms with Crippen molar-refractivity contribution in [3.63, 3.8) is 0 Å². The van der Waals surface area contributed by atoms with Gasteiger partial charge in [-0.05, 0) is 37.0 Å². The number of benzene rings is 1. The molecule has 6 nitrogen and oxygen atoms in total. The van der Waals surface area contributed by atoms with Crippen LogP contribution in [-0.4, -0.2) is 39.4 Å². The van der Waals surface area contributed by atoms with Crippen molar-refractivity contribution in [2.24, 2.45) is 16.6 Å². The van der Waals surface area contributed by atoms with E-state index < -0.39 is 0 Å². The van der Waals surface area contributed by atoms with E-state index in [-0.39, 0.29) is 6.10 Å². The zero-order valence-corrected chi connectivity index (χ0v) is 15.5. The highest BCUT2D eigenvalue weighted by molar-refractivity contribution is 5.77. The molecule has 1 aromatic rings. The van der Waals surface area contributed by atoms with E-state index >= 15 is 0 Å². The van der Waals surface area contributed by atoms with Gasteiger partial charge in [-0.3, -0.25) is 0 Å². The largest absolute Gasteiger partial charge is 0.493 e. The third-order valence-electron chi connectivity index (χ3n) is 3.74. The quantitative estimate of drug-likeness (QED) is 0.507. The van der Waals surface area contributed by atoms with Crippen LogP contribution in [0.4, 0.5) is 0 Å². The van der Waals surface area contributed by atoms with Gasteiger partial charge in [0.25, 0.3) is 0 Å². The van der Waals surface area contributed by atoms with Crippen molar-refractivity contribution in [1.29, 1.82) is 0 Å². The van der Waals surface area contributed by atoms with Gasteiger partial charge < -0.3 is 25.3 Å². The van der Waals surface area contributed by atoms with Gasteiger partial charge in [0.05, 0.1) is 26.9 Å². The fourth-order valence-corrected chi connectivity index (χ4v) is 2.38. The van der Waals surface area contributed by atoms with Gasteiger partial charge in [-0.15, -0.1) is 0 Å². The predicted molar refractivity (Wildman–Crippen MR) is 97.7 cm³/mol. The normalized spacial score (nSPS) is 13.0. The van der Waals surface area contributed by atoms with Crippen molar-refractivity contribution in [3.05, 3.63) is 23.8 Å². The van der Waals surface area contributed by atoms with Crippen molar-refractivity contribution in [2.45, 2.75) is 39.8 Å². The fraction of sp³-hybridized carbons (Fsp3) is 0.611. The average Bonchev–Trinajstić information content (AvgIpc) is 2.58. The minimum absolute atomic E-state index is 0.237. The molecule has 0 radical (unpaired) electrons. The molecule has 1 aromatic carbocycles. The zero-order chi connectivity index (χ0) is 17.9. The zero-order valence-electron chi connectivity index (χ0n) is 15.5. The lowest BCUT2D eigenvalue weighted by Gasteiger charge is -2.21. The molecule has 3 N–H and O–H groups in total. The number of aliphatic imine (C=N–C) groups is 1. The Kier molecular flexibility index (Phi) is 9.01. The van der Waals surface area contributed by atoms with Crippen molar-refractivity contribution >= 4 is 5.96 Å². The summed E-state index contributed by atoms with van der Waals surface area (Å²) in [6.07, 6.45) is 1.14. The van der Waals surface area contributed by atoms with Crippen LogP contribution in [0.1, 0.15) is 32.8 Å². The van der Waals surface area contributed by atoms with Gasteiger partial charge in [0, 0.05) is 13.2 Å². The van der Waals surface area contributed by atoms with Gasteiger partial charge in [0.1, 0.15) is 0 Å². The Bertz CT molecular complexity index is 518. The number of rotatable bonds is 10. The number of nitrogens with one attached hydrogen (secondary N) is 1. The van der Waals surface area contributed by atoms with Gasteiger partial charge in [0.2, 0.25) is 0 Å². The summed E-state index contributed by atoms with van der Waals surface area (Å²) < 4.78 is 16.2. The van der Waals surface area contributed by atoms with E-state index in [1.54, 1.807) is 14.2 Å². The first-order valence-corrected chi connectivity index (χ1v) is 8.38. The molecule has 1 rings (SSSR count). The minimum atomic E-state index is 0.237. The van der Waals surface area contributed by atoms with Crippen LogP contribution in [0.2, 0.25) is 0 Å². The molecule has 136 valence electrons. The van der Waals surface area contributed by atoms with Crippen LogP contribution in [0.25, 0.3) is 0 Å². The molecule has 0 aliphatic carbocycles. The lowest BCUT2D eigenvalue weighted by atomic mass is 10.0. The maximum absolute atomic E-state index is 5.93. The summed E-state index contributed by atoms with van der Waals surface area (Å²) in [5.41, 5.74) is 6.93. The summed E-state index contributed by atoms with van der Waals surface area (Å²) in [7, 11) is 3.23. The van der Waals surface area contributed by atoms with Gasteiger partial charge in [0.15, 0.2) is 17.5 Å². The maximum Gasteiger partial charge on any atom is 0.188 e. The Morgan fingerprint density at radius 3 is 2.50 bits per heavy atom. The number of guanidine groups is 1. The highest BCUT2D eigenvalue weighted by Crippen LogP contribution is 2.27. The molecule has 1 unspecified atom stereocenters. The number of ether oxygens (including phenoxy) is 3. The molecule has 0 aliphatic rings. The van der Waals surface area contributed by atoms with E-state index in [2.05, 4.69) is 24.2 Å². The molecule has 24 heavy (non-hydrogen) atoms. The fourth-order valence-electron chi connectivity index (χ4n) is 2.38. The summed E-state index contributed by atoms with van der Waals surface area (Å²) in [5, 5.41) is 3.14. The Balaban J connectivity index is 2.49. The summed E-state index contributed by atoms with van der Waals surface area (Å²) in [4.78, 5) is 4.36. The van der Waals surface area contributed by atoms with E-state index in [0.29, 0.717) is 29.9 Å². The first kappa shape index (κ1) is 20.1. The highest BCUT2D eigenvalue weighted by atomic mass is 16.5. The van der Waals surface area contributed by atoms with Crippen molar-refractivity contribution < 1.29 is 14.2 Å². The van der Waals surface area contributed by atoms with E-state index in [0.717, 1.165) is 25.1 Å². The lowest BCUT2D eigenvalue weighted by molar-refractivity contribution is 0.0258. The second kappa shape index (κ2) is 10.8. The van der Waals surface area contributed by atoms with Crippen LogP contribution in [-0.2, 0) is 11.3 Å². The third kappa shape index (κ3) is 6.66. The van der Waals surface area contributed by atoms with Gasteiger partial charge in [-0.1, -0.05) is 19.9 Å². The Labute approximate surface area is 145 Å². The first-order valence-electron chi connectivity index (χ1n) is 8.38. The van der Waals surface area contributed by atoms with Crippen molar-refractivity contribution in [3.8, 4) is 11.5 Å². The molecule has 0 saturated heterocycles. The van der Waals surface area contributed by atoms with Crippen LogP contribution in [0.3, 0.4) is 0 Å². The second-order valence-electron chi connectivity index (χ2n) is 5.84. The molecule has 0 saturated carbocycles. The highest BCUT2D eigenvalue weighted by Gasteiger charge is 2.12. The molecule has 0 heterocycles. The molecular formula is C18H31N3O3. The maximum atomic E-state index is 5.93. The minimum Gasteiger partial charge on any atom is -0.493 e. The van der Waals surface area contributed by atoms with Crippen molar-refractivity contribution in [2.75, 3.05) is 27.4 Å². The van der Waals surface area contributed by atoms with Crippen LogP contribution in [0.5, 0.6) is 11.5 Å². The number of methoxy groups -OCH3 is 2. The molecule has 0 amide bonds. The van der Waals surface area contributed by atoms with Crippen LogP contribution in [0, 0.1) is 5.92 Å². The van der Waals surface area contributed by atoms with E-state index in [1.807, 2.05) is 25.1 Å². The smallest absolute Gasteiger partial charge is 0.188 e. The van der Waals surface area contributed by atoms with Gasteiger partial charge >= 0.3 is 0 Å². The monoisotopic (exact) mass is 337 g/mol. The van der Waals surface area contributed by atoms with E-state index in [9.17, 15) is 0 Å². The Hall–Kier alpha value is -1.95. The molecule has 0 aromatic heterocycles. The number of hydrogen-bond acceptors (Lipinski definition) is 4. The Morgan fingerprint density at radius 2 is 1.92 bits per heavy atom. The number of nitrogens with zero attached hydrogens (tertiary/aromatic N) is 1. The second-order valence-corrected chi connectivity index (χ2v) is 5.84. The molecule has 6 heteroatoms. The number of hydrogen-bond donors (Lipinski definition) is 2. The third-order valence-corrected chi connectivity index (χ3v) is 3.74. The average molecular weight is 337 g/mol. The molecule has 1 atom stereocenters. The first-order chi connectivity index (χ1) is 11.5. The number of nitrogens with two attached hydrogens (primary N) is 1. The molecule has 0 aliphatic heterocycles. The topological polar surface area (TPSA) is 78.1 Å². The Morgan fingerprint density at radius 1 is 1.21 bits per heavy atom.